The highest BCUT2D eigenvalue weighted by molar-refractivity contribution is 5.81. The summed E-state index contributed by atoms with van der Waals surface area (Å²) in [7, 11) is 1.52. The van der Waals surface area contributed by atoms with E-state index in [4.69, 9.17) is 4.74 Å². The van der Waals surface area contributed by atoms with Gasteiger partial charge in [0.05, 0.1) is 7.11 Å². The van der Waals surface area contributed by atoms with E-state index in [9.17, 15) is 9.18 Å². The molecule has 118 valence electrons. The van der Waals surface area contributed by atoms with E-state index in [0.717, 1.165) is 0 Å². The molecular weight excluding hydrogens is 271 g/mol. The zero-order chi connectivity index (χ0) is 16.0. The number of carbonyl (C=O) groups excluding carboxylic acids is 1. The molecule has 0 aliphatic heterocycles. The predicted molar refractivity (Wildman–Crippen MR) is 81.8 cm³/mol. The Bertz CT molecular complexity index is 484. The number of amides is 1. The zero-order valence-electron chi connectivity index (χ0n) is 13.4. The number of hydrogen-bond acceptors (Lipinski definition) is 3. The molecule has 0 bridgehead atoms. The lowest BCUT2D eigenvalue weighted by atomic mass is 9.96. The molecule has 5 heteroatoms. The minimum Gasteiger partial charge on any atom is -0.496 e. The highest BCUT2D eigenvalue weighted by Crippen LogP contribution is 2.27. The van der Waals surface area contributed by atoms with Gasteiger partial charge in [-0.1, -0.05) is 26.8 Å². The molecule has 1 aromatic carbocycles. The van der Waals surface area contributed by atoms with E-state index in [1.54, 1.807) is 12.1 Å². The first-order valence-corrected chi connectivity index (χ1v) is 7.11. The minimum absolute atomic E-state index is 0.000394. The van der Waals surface area contributed by atoms with E-state index >= 15 is 0 Å². The Morgan fingerprint density at radius 2 is 2.00 bits per heavy atom. The van der Waals surface area contributed by atoms with Crippen molar-refractivity contribution in [2.75, 3.05) is 20.2 Å². The van der Waals surface area contributed by atoms with Crippen molar-refractivity contribution in [2.45, 2.75) is 33.7 Å². The van der Waals surface area contributed by atoms with Crippen molar-refractivity contribution >= 4 is 5.91 Å². The predicted octanol–water partition coefficient (Wildman–Crippen LogP) is 2.65. The number of ether oxygens (including phenoxy) is 1. The number of carbonyl (C=O) groups is 1. The maximum absolute atomic E-state index is 13.9. The van der Waals surface area contributed by atoms with Crippen LogP contribution in [0.1, 0.15) is 39.3 Å². The van der Waals surface area contributed by atoms with Gasteiger partial charge < -0.3 is 15.4 Å². The van der Waals surface area contributed by atoms with Gasteiger partial charge >= 0.3 is 0 Å². The second-order valence-electron chi connectivity index (χ2n) is 6.04. The molecule has 1 amide bonds. The van der Waals surface area contributed by atoms with Crippen molar-refractivity contribution in [3.8, 4) is 5.75 Å². The fraction of sp³-hybridized carbons (Fsp3) is 0.562. The Labute approximate surface area is 126 Å². The molecule has 0 aliphatic rings. The summed E-state index contributed by atoms with van der Waals surface area (Å²) in [5.41, 5.74) is 0.0996. The Balaban J connectivity index is 2.52. The molecule has 0 spiro atoms. The third-order valence-electron chi connectivity index (χ3n) is 3.21. The molecule has 2 N–H and O–H groups in total. The van der Waals surface area contributed by atoms with Crippen molar-refractivity contribution < 1.29 is 13.9 Å². The maximum atomic E-state index is 13.9. The second-order valence-corrected chi connectivity index (χ2v) is 6.04. The quantitative estimate of drug-likeness (QED) is 0.794. The number of methoxy groups -OCH3 is 1. The normalized spacial score (nSPS) is 12.9. The average molecular weight is 296 g/mol. The first kappa shape index (κ1) is 17.4. The van der Waals surface area contributed by atoms with Crippen molar-refractivity contribution in [1.82, 2.24) is 10.6 Å². The van der Waals surface area contributed by atoms with Crippen LogP contribution < -0.4 is 15.4 Å². The summed E-state index contributed by atoms with van der Waals surface area (Å²) < 4.78 is 19.1. The number of nitrogens with one attached hydrogen (secondary N) is 2. The summed E-state index contributed by atoms with van der Waals surface area (Å²) >= 11 is 0. The lowest BCUT2D eigenvalue weighted by Crippen LogP contribution is -2.39. The molecular formula is C16H25FN2O2. The molecule has 4 nitrogen and oxygen atoms in total. The van der Waals surface area contributed by atoms with Gasteiger partial charge in [-0.3, -0.25) is 4.79 Å². The van der Waals surface area contributed by atoms with Gasteiger partial charge in [0.25, 0.3) is 0 Å². The van der Waals surface area contributed by atoms with Gasteiger partial charge in [-0.2, -0.15) is 0 Å². The molecule has 1 unspecified atom stereocenters. The van der Waals surface area contributed by atoms with Crippen LogP contribution in [0.25, 0.3) is 0 Å². The summed E-state index contributed by atoms with van der Waals surface area (Å²) in [6.45, 7) is 8.51. The molecule has 21 heavy (non-hydrogen) atoms. The maximum Gasteiger partial charge on any atom is 0.225 e. The molecule has 0 saturated heterocycles. The van der Waals surface area contributed by atoms with Crippen LogP contribution in [-0.2, 0) is 4.79 Å². The Morgan fingerprint density at radius 3 is 2.57 bits per heavy atom. The molecule has 0 aliphatic carbocycles. The number of benzene rings is 1. The lowest BCUT2D eigenvalue weighted by Gasteiger charge is -2.20. The number of hydrogen-bond donors (Lipinski definition) is 2. The van der Waals surface area contributed by atoms with E-state index in [2.05, 4.69) is 10.6 Å². The molecule has 0 aromatic heterocycles. The van der Waals surface area contributed by atoms with Gasteiger partial charge in [0.2, 0.25) is 5.91 Å². The first-order valence-electron chi connectivity index (χ1n) is 7.11. The monoisotopic (exact) mass is 296 g/mol. The average Bonchev–Trinajstić information content (AvgIpc) is 2.41. The highest BCUT2D eigenvalue weighted by Gasteiger charge is 2.20. The number of rotatable bonds is 6. The fourth-order valence-corrected chi connectivity index (χ4v) is 1.95. The van der Waals surface area contributed by atoms with Gasteiger partial charge in [-0.05, 0) is 19.1 Å². The Hall–Kier alpha value is -1.62. The zero-order valence-corrected chi connectivity index (χ0v) is 13.4. The van der Waals surface area contributed by atoms with Crippen LogP contribution in [0.3, 0.4) is 0 Å². The summed E-state index contributed by atoms with van der Waals surface area (Å²) in [6.07, 6.45) is 0. The second kappa shape index (κ2) is 7.41. The standard InChI is InChI=1S/C16H25FN2O2/c1-11(14-12(17)7-6-8-13(14)21-5)18-9-10-19-15(20)16(2,3)4/h6-8,11,18H,9-10H2,1-5H3,(H,19,20). The van der Waals surface area contributed by atoms with Crippen molar-refractivity contribution in [2.24, 2.45) is 5.41 Å². The lowest BCUT2D eigenvalue weighted by molar-refractivity contribution is -0.128. The van der Waals surface area contributed by atoms with Crippen LogP contribution in [-0.4, -0.2) is 26.1 Å². The van der Waals surface area contributed by atoms with Crippen LogP contribution in [0, 0.1) is 11.2 Å². The number of halogens is 1. The van der Waals surface area contributed by atoms with Gasteiger partial charge in [0.1, 0.15) is 11.6 Å². The van der Waals surface area contributed by atoms with Crippen LogP contribution in [0.2, 0.25) is 0 Å². The van der Waals surface area contributed by atoms with E-state index in [1.807, 2.05) is 27.7 Å². The van der Waals surface area contributed by atoms with E-state index in [1.165, 1.54) is 13.2 Å². The van der Waals surface area contributed by atoms with Crippen molar-refractivity contribution in [1.29, 1.82) is 0 Å². The Kier molecular flexibility index (Phi) is 6.15. The van der Waals surface area contributed by atoms with Crippen molar-refractivity contribution in [3.63, 3.8) is 0 Å². The SMILES string of the molecule is COc1cccc(F)c1C(C)NCCNC(=O)C(C)(C)C. The van der Waals surface area contributed by atoms with Gasteiger partial charge in [-0.15, -0.1) is 0 Å². The van der Waals surface area contributed by atoms with Crippen molar-refractivity contribution in [3.05, 3.63) is 29.6 Å². The molecule has 1 rings (SSSR count). The first-order chi connectivity index (χ1) is 9.77. The topological polar surface area (TPSA) is 50.4 Å². The van der Waals surface area contributed by atoms with E-state index in [-0.39, 0.29) is 17.8 Å². The van der Waals surface area contributed by atoms with Gasteiger partial charge in [0, 0.05) is 30.1 Å². The minimum atomic E-state index is -0.402. The van der Waals surface area contributed by atoms with Crippen LogP contribution in [0.5, 0.6) is 5.75 Å². The van der Waals surface area contributed by atoms with Gasteiger partial charge in [0.15, 0.2) is 0 Å². The highest BCUT2D eigenvalue weighted by atomic mass is 19.1. The molecule has 0 radical (unpaired) electrons. The summed E-state index contributed by atoms with van der Waals surface area (Å²) in [5.74, 6) is 0.224. The largest absolute Gasteiger partial charge is 0.496 e. The fourth-order valence-electron chi connectivity index (χ4n) is 1.95. The van der Waals surface area contributed by atoms with Gasteiger partial charge in [-0.25, -0.2) is 4.39 Å². The third kappa shape index (κ3) is 5.01. The van der Waals surface area contributed by atoms with E-state index < -0.39 is 5.41 Å². The molecule has 1 atom stereocenters. The summed E-state index contributed by atoms with van der Waals surface area (Å²) in [5, 5.41) is 6.03. The molecule has 0 saturated carbocycles. The molecule has 0 fully saturated rings. The van der Waals surface area contributed by atoms with E-state index in [0.29, 0.717) is 24.4 Å². The van der Waals surface area contributed by atoms with Crippen LogP contribution >= 0.6 is 0 Å². The van der Waals surface area contributed by atoms with Crippen LogP contribution in [0.15, 0.2) is 18.2 Å². The molecule has 1 aromatic rings. The Morgan fingerprint density at radius 1 is 1.33 bits per heavy atom. The van der Waals surface area contributed by atoms with Crippen LogP contribution in [0.4, 0.5) is 4.39 Å². The summed E-state index contributed by atoms with van der Waals surface area (Å²) in [6, 6.07) is 4.57. The molecule has 0 heterocycles. The summed E-state index contributed by atoms with van der Waals surface area (Å²) in [4.78, 5) is 11.7. The smallest absolute Gasteiger partial charge is 0.225 e. The third-order valence-corrected chi connectivity index (χ3v) is 3.21.